The average molecular weight is 415 g/mol. The number of rotatable bonds is 2. The Kier molecular flexibility index (Phi) is 3.57. The molecule has 0 bridgehead atoms. The molecule has 1 aliphatic rings. The van der Waals surface area contributed by atoms with Crippen LogP contribution in [0.15, 0.2) is 55.2 Å². The van der Waals surface area contributed by atoms with Crippen molar-refractivity contribution in [2.45, 2.75) is 4.90 Å². The molecule has 1 aliphatic heterocycles. The Balaban J connectivity index is 1.93. The first-order valence-corrected chi connectivity index (χ1v) is 8.47. The average Bonchev–Trinajstić information content (AvgIpc) is 2.99. The molecular formula is C13H10IN3O3S. The van der Waals surface area contributed by atoms with Gasteiger partial charge in [0.15, 0.2) is 9.60 Å². The molecule has 0 N–H and O–H groups in total. The van der Waals surface area contributed by atoms with Crippen LogP contribution in [0.2, 0.25) is 0 Å². The van der Waals surface area contributed by atoms with E-state index in [1.54, 1.807) is 31.3 Å². The number of fused-ring (bicyclic) bond motifs is 1. The highest BCUT2D eigenvalue weighted by Crippen LogP contribution is 2.26. The van der Waals surface area contributed by atoms with E-state index in [4.69, 9.17) is 4.42 Å². The molecule has 0 aliphatic carbocycles. The van der Waals surface area contributed by atoms with Crippen molar-refractivity contribution in [3.05, 3.63) is 51.5 Å². The summed E-state index contributed by atoms with van der Waals surface area (Å²) in [5.74, 6) is 0.879. The Morgan fingerprint density at radius 1 is 1.29 bits per heavy atom. The van der Waals surface area contributed by atoms with Gasteiger partial charge < -0.3 is 4.42 Å². The third-order valence-electron chi connectivity index (χ3n) is 2.87. The van der Waals surface area contributed by atoms with E-state index >= 15 is 0 Å². The first-order valence-electron chi connectivity index (χ1n) is 5.95. The van der Waals surface area contributed by atoms with Crippen LogP contribution < -0.4 is 0 Å². The molecule has 1 aromatic heterocycles. The molecular weight excluding hydrogens is 405 g/mol. The normalized spacial score (nSPS) is 16.0. The van der Waals surface area contributed by atoms with E-state index in [1.807, 2.05) is 6.07 Å². The summed E-state index contributed by atoms with van der Waals surface area (Å²) >= 11 is 2.06. The molecule has 108 valence electrons. The fraction of sp³-hybridized carbons (Fsp3) is 0.0769. The Morgan fingerprint density at radius 3 is 2.76 bits per heavy atom. The van der Waals surface area contributed by atoms with Crippen molar-refractivity contribution in [2.75, 3.05) is 7.05 Å². The lowest BCUT2D eigenvalue weighted by Gasteiger charge is -2.11. The minimum atomic E-state index is -3.63. The van der Waals surface area contributed by atoms with Crippen molar-refractivity contribution >= 4 is 44.7 Å². The largest absolute Gasteiger partial charge is 0.449 e. The standard InChI is InChI=1S/C13H10IN3O3S/c1-17(15-8-9-6-7-12(14)20-9)13-10-4-2-3-5-11(10)21(18,19)16-13/h2-8H,1H3/b15-8+. The second-order valence-electron chi connectivity index (χ2n) is 4.30. The van der Waals surface area contributed by atoms with Gasteiger partial charge in [-0.3, -0.25) is 0 Å². The van der Waals surface area contributed by atoms with Gasteiger partial charge in [-0.2, -0.15) is 13.5 Å². The van der Waals surface area contributed by atoms with Gasteiger partial charge in [0.25, 0.3) is 10.0 Å². The predicted octanol–water partition coefficient (Wildman–Crippen LogP) is 2.30. The van der Waals surface area contributed by atoms with Crippen LogP contribution in [0.25, 0.3) is 0 Å². The molecule has 0 saturated carbocycles. The summed E-state index contributed by atoms with van der Waals surface area (Å²) in [6, 6.07) is 10.3. The van der Waals surface area contributed by atoms with Crippen molar-refractivity contribution in [2.24, 2.45) is 9.50 Å². The molecule has 0 fully saturated rings. The van der Waals surface area contributed by atoms with Crippen LogP contribution in [0.1, 0.15) is 11.3 Å². The quantitative estimate of drug-likeness (QED) is 0.429. The van der Waals surface area contributed by atoms with Crippen LogP contribution in [0.4, 0.5) is 0 Å². The van der Waals surface area contributed by atoms with Crippen molar-refractivity contribution < 1.29 is 12.8 Å². The zero-order valence-electron chi connectivity index (χ0n) is 10.9. The highest BCUT2D eigenvalue weighted by molar-refractivity contribution is 14.1. The van der Waals surface area contributed by atoms with Gasteiger partial charge in [-0.15, -0.1) is 4.40 Å². The van der Waals surface area contributed by atoms with Crippen LogP contribution in [-0.4, -0.2) is 32.5 Å². The first kappa shape index (κ1) is 14.3. The number of hydrogen-bond donors (Lipinski definition) is 0. The molecule has 2 aromatic rings. The van der Waals surface area contributed by atoms with E-state index in [9.17, 15) is 8.42 Å². The minimum Gasteiger partial charge on any atom is -0.449 e. The van der Waals surface area contributed by atoms with Gasteiger partial charge in [0.1, 0.15) is 10.7 Å². The second kappa shape index (κ2) is 5.26. The van der Waals surface area contributed by atoms with Crippen LogP contribution in [0.3, 0.4) is 0 Å². The molecule has 0 spiro atoms. The van der Waals surface area contributed by atoms with E-state index in [-0.39, 0.29) is 4.90 Å². The third-order valence-corrected chi connectivity index (χ3v) is 4.78. The van der Waals surface area contributed by atoms with Gasteiger partial charge in [0.2, 0.25) is 0 Å². The van der Waals surface area contributed by atoms with Gasteiger partial charge >= 0.3 is 0 Å². The number of hydrogen-bond acceptors (Lipinski definition) is 5. The van der Waals surface area contributed by atoms with Crippen LogP contribution in [0, 0.1) is 3.77 Å². The van der Waals surface area contributed by atoms with Crippen molar-refractivity contribution in [3.8, 4) is 0 Å². The maximum absolute atomic E-state index is 12.0. The van der Waals surface area contributed by atoms with Crippen molar-refractivity contribution in [3.63, 3.8) is 0 Å². The molecule has 0 saturated heterocycles. The fourth-order valence-electron chi connectivity index (χ4n) is 1.92. The molecule has 2 heterocycles. The number of sulfonamides is 1. The summed E-state index contributed by atoms with van der Waals surface area (Å²) in [7, 11) is -1.99. The lowest BCUT2D eigenvalue weighted by molar-refractivity contribution is 0.519. The number of furan rings is 1. The van der Waals surface area contributed by atoms with Crippen molar-refractivity contribution in [1.29, 1.82) is 0 Å². The maximum atomic E-state index is 12.0. The van der Waals surface area contributed by atoms with E-state index < -0.39 is 10.0 Å². The molecule has 21 heavy (non-hydrogen) atoms. The molecule has 3 rings (SSSR count). The molecule has 0 amide bonds. The predicted molar refractivity (Wildman–Crippen MR) is 86.9 cm³/mol. The molecule has 8 heteroatoms. The Labute approximate surface area is 135 Å². The van der Waals surface area contributed by atoms with E-state index in [0.29, 0.717) is 17.2 Å². The summed E-state index contributed by atoms with van der Waals surface area (Å²) in [5, 5.41) is 5.59. The summed E-state index contributed by atoms with van der Waals surface area (Å²) in [5.41, 5.74) is 0.547. The zero-order chi connectivity index (χ0) is 15.0. The van der Waals surface area contributed by atoms with Crippen LogP contribution >= 0.6 is 22.6 Å². The minimum absolute atomic E-state index is 0.203. The lowest BCUT2D eigenvalue weighted by atomic mass is 10.2. The Morgan fingerprint density at radius 2 is 2.05 bits per heavy atom. The summed E-state index contributed by atoms with van der Waals surface area (Å²) in [6.45, 7) is 0. The van der Waals surface area contributed by atoms with E-state index in [1.165, 1.54) is 17.3 Å². The first-order chi connectivity index (χ1) is 9.97. The smallest absolute Gasteiger partial charge is 0.285 e. The fourth-order valence-corrected chi connectivity index (χ4v) is 3.58. The van der Waals surface area contributed by atoms with E-state index in [2.05, 4.69) is 32.1 Å². The third kappa shape index (κ3) is 2.72. The van der Waals surface area contributed by atoms with Crippen LogP contribution in [0.5, 0.6) is 0 Å². The number of hydrazone groups is 1. The number of nitrogens with zero attached hydrogens (tertiary/aromatic N) is 3. The molecule has 1 aromatic carbocycles. The molecule has 0 unspecified atom stereocenters. The lowest BCUT2D eigenvalue weighted by Crippen LogP contribution is -2.21. The maximum Gasteiger partial charge on any atom is 0.285 e. The van der Waals surface area contributed by atoms with Gasteiger partial charge in [-0.25, -0.2) is 5.01 Å². The summed E-state index contributed by atoms with van der Waals surface area (Å²) in [6.07, 6.45) is 1.51. The summed E-state index contributed by atoms with van der Waals surface area (Å²) in [4.78, 5) is 0.203. The van der Waals surface area contributed by atoms with Gasteiger partial charge in [-0.05, 0) is 46.9 Å². The zero-order valence-corrected chi connectivity index (χ0v) is 13.9. The topological polar surface area (TPSA) is 75.2 Å². The summed E-state index contributed by atoms with van der Waals surface area (Å²) < 4.78 is 33.8. The monoisotopic (exact) mass is 415 g/mol. The van der Waals surface area contributed by atoms with Crippen LogP contribution in [-0.2, 0) is 10.0 Å². The number of halogens is 1. The Hall–Kier alpha value is -1.68. The second-order valence-corrected chi connectivity index (χ2v) is 6.93. The molecule has 0 radical (unpaired) electrons. The van der Waals surface area contributed by atoms with Gasteiger partial charge in [0, 0.05) is 12.6 Å². The molecule has 6 nitrogen and oxygen atoms in total. The Bertz CT molecular complexity index is 855. The van der Waals surface area contributed by atoms with Crippen molar-refractivity contribution in [1.82, 2.24) is 5.01 Å². The molecule has 0 atom stereocenters. The number of amidine groups is 1. The van der Waals surface area contributed by atoms with Gasteiger partial charge in [0.05, 0.1) is 6.21 Å². The number of benzene rings is 1. The highest BCUT2D eigenvalue weighted by atomic mass is 127. The van der Waals surface area contributed by atoms with Gasteiger partial charge in [-0.1, -0.05) is 12.1 Å². The SMILES string of the molecule is CN(/N=C/c1ccc(I)o1)C1=NS(=O)(=O)c2ccccc21. The van der Waals surface area contributed by atoms with E-state index in [0.717, 1.165) is 3.77 Å². The highest BCUT2D eigenvalue weighted by Gasteiger charge is 2.30.